The first-order valence-corrected chi connectivity index (χ1v) is 6.74. The lowest BCUT2D eigenvalue weighted by molar-refractivity contribution is 0.534. The topological polar surface area (TPSA) is 62.7 Å². The van der Waals surface area contributed by atoms with Crippen molar-refractivity contribution >= 4 is 0 Å². The molecule has 0 unspecified atom stereocenters. The number of hydrogen-bond acceptors (Lipinski definition) is 3. The van der Waals surface area contributed by atoms with E-state index in [0.717, 1.165) is 23.2 Å². The van der Waals surface area contributed by atoms with E-state index in [9.17, 15) is 0 Å². The fraction of sp³-hybridized carbons (Fsp3) is 0.294. The lowest BCUT2D eigenvalue weighted by Gasteiger charge is -2.20. The van der Waals surface area contributed by atoms with Gasteiger partial charge in [-0.3, -0.25) is 4.98 Å². The van der Waals surface area contributed by atoms with Crippen molar-refractivity contribution in [1.29, 1.82) is 5.26 Å². The largest absolute Gasteiger partial charge is 0.321 e. The summed E-state index contributed by atoms with van der Waals surface area (Å²) in [5.74, 6) is 0. The van der Waals surface area contributed by atoms with Crippen molar-refractivity contribution in [1.82, 2.24) is 4.98 Å². The van der Waals surface area contributed by atoms with Gasteiger partial charge in [0, 0.05) is 11.8 Å². The molecule has 102 valence electrons. The third-order valence-electron chi connectivity index (χ3n) is 3.36. The van der Waals surface area contributed by atoms with Gasteiger partial charge in [0.1, 0.15) is 0 Å². The van der Waals surface area contributed by atoms with Crippen LogP contribution in [0.5, 0.6) is 0 Å². The van der Waals surface area contributed by atoms with E-state index in [1.807, 2.05) is 44.3 Å². The number of aromatic nitrogens is 1. The van der Waals surface area contributed by atoms with Gasteiger partial charge in [-0.1, -0.05) is 19.1 Å². The van der Waals surface area contributed by atoms with Crippen LogP contribution in [-0.4, -0.2) is 4.98 Å². The molecule has 0 fully saturated rings. The van der Waals surface area contributed by atoms with Gasteiger partial charge in [0.25, 0.3) is 0 Å². The minimum atomic E-state index is -0.437. The van der Waals surface area contributed by atoms with Gasteiger partial charge in [0.05, 0.1) is 22.9 Å². The zero-order chi connectivity index (χ0) is 14.8. The van der Waals surface area contributed by atoms with Crippen LogP contribution in [0.2, 0.25) is 0 Å². The highest BCUT2D eigenvalue weighted by Crippen LogP contribution is 2.26. The van der Waals surface area contributed by atoms with Gasteiger partial charge < -0.3 is 5.73 Å². The van der Waals surface area contributed by atoms with E-state index >= 15 is 0 Å². The predicted octanol–water partition coefficient (Wildman–Crippen LogP) is 3.38. The van der Waals surface area contributed by atoms with Crippen molar-refractivity contribution in [2.75, 3.05) is 0 Å². The van der Waals surface area contributed by atoms with Gasteiger partial charge in [-0.2, -0.15) is 5.26 Å². The minimum Gasteiger partial charge on any atom is -0.321 e. The highest BCUT2D eigenvalue weighted by molar-refractivity contribution is 5.67. The molecule has 0 aliphatic heterocycles. The number of rotatable bonds is 3. The fourth-order valence-corrected chi connectivity index (χ4v) is 2.13. The molecule has 0 bridgehead atoms. The van der Waals surface area contributed by atoms with Crippen LogP contribution in [0.3, 0.4) is 0 Å². The highest BCUT2D eigenvalue weighted by Gasteiger charge is 2.17. The number of benzene rings is 1. The molecule has 0 radical (unpaired) electrons. The molecule has 1 heterocycles. The monoisotopic (exact) mass is 265 g/mol. The molecule has 20 heavy (non-hydrogen) atoms. The van der Waals surface area contributed by atoms with Crippen LogP contribution >= 0.6 is 0 Å². The summed E-state index contributed by atoms with van der Waals surface area (Å²) in [4.78, 5) is 4.49. The molecular formula is C17H19N3. The maximum absolute atomic E-state index is 8.85. The summed E-state index contributed by atoms with van der Waals surface area (Å²) in [6.07, 6.45) is 2.80. The molecule has 3 nitrogen and oxygen atoms in total. The second kappa shape index (κ2) is 5.44. The summed E-state index contributed by atoms with van der Waals surface area (Å²) in [5.41, 5.74) is 10.6. The number of aryl methyl sites for hydroxylation is 1. The molecule has 0 spiro atoms. The molecular weight excluding hydrogens is 246 g/mol. The molecule has 3 heteroatoms. The number of nitriles is 1. The van der Waals surface area contributed by atoms with Crippen molar-refractivity contribution in [3.05, 3.63) is 53.3 Å². The second-order valence-corrected chi connectivity index (χ2v) is 5.49. The van der Waals surface area contributed by atoms with Crippen molar-refractivity contribution < 1.29 is 0 Å². The SMILES string of the molecule is CCc1cc(C(C)(C)N)ncc1-c1ccc(C#N)cc1. The molecule has 2 rings (SSSR count). The van der Waals surface area contributed by atoms with Gasteiger partial charge in [-0.05, 0) is 49.6 Å². The van der Waals surface area contributed by atoms with Crippen molar-refractivity contribution in [3.63, 3.8) is 0 Å². The van der Waals surface area contributed by atoms with Crippen LogP contribution in [0.1, 0.15) is 37.6 Å². The Kier molecular flexibility index (Phi) is 3.87. The second-order valence-electron chi connectivity index (χ2n) is 5.49. The molecule has 2 N–H and O–H groups in total. The Morgan fingerprint density at radius 1 is 1.25 bits per heavy atom. The molecule has 1 aromatic heterocycles. The van der Waals surface area contributed by atoms with Crippen LogP contribution in [0.15, 0.2) is 36.5 Å². The maximum Gasteiger partial charge on any atom is 0.0991 e. The Bertz CT molecular complexity index is 643. The van der Waals surface area contributed by atoms with Crippen LogP contribution < -0.4 is 5.73 Å². The van der Waals surface area contributed by atoms with Crippen molar-refractivity contribution in [2.45, 2.75) is 32.7 Å². The van der Waals surface area contributed by atoms with E-state index < -0.39 is 5.54 Å². The summed E-state index contributed by atoms with van der Waals surface area (Å²) < 4.78 is 0. The molecule has 0 aliphatic rings. The molecule has 0 saturated carbocycles. The van der Waals surface area contributed by atoms with E-state index in [1.54, 1.807) is 0 Å². The number of hydrogen-bond donors (Lipinski definition) is 1. The molecule has 0 aliphatic carbocycles. The summed E-state index contributed by atoms with van der Waals surface area (Å²) >= 11 is 0. The van der Waals surface area contributed by atoms with Gasteiger partial charge in [0.2, 0.25) is 0 Å². The lowest BCUT2D eigenvalue weighted by Crippen LogP contribution is -2.30. The number of nitrogens with two attached hydrogens (primary N) is 1. The van der Waals surface area contributed by atoms with Gasteiger partial charge in [-0.25, -0.2) is 0 Å². The average molecular weight is 265 g/mol. The van der Waals surface area contributed by atoms with Crippen molar-refractivity contribution in [3.8, 4) is 17.2 Å². The molecule has 2 aromatic rings. The Morgan fingerprint density at radius 2 is 1.90 bits per heavy atom. The van der Waals surface area contributed by atoms with E-state index in [-0.39, 0.29) is 0 Å². The standard InChI is InChI=1S/C17H19N3/c1-4-13-9-16(17(2,3)19)20-11-15(13)14-7-5-12(10-18)6-8-14/h5-9,11H,4,19H2,1-3H3. The van der Waals surface area contributed by atoms with Crippen LogP contribution in [-0.2, 0) is 12.0 Å². The van der Waals surface area contributed by atoms with Crippen LogP contribution in [0.4, 0.5) is 0 Å². The smallest absolute Gasteiger partial charge is 0.0991 e. The lowest BCUT2D eigenvalue weighted by atomic mass is 9.94. The molecule has 1 aromatic carbocycles. The normalized spacial score (nSPS) is 11.2. The first-order chi connectivity index (χ1) is 9.45. The third kappa shape index (κ3) is 2.87. The predicted molar refractivity (Wildman–Crippen MR) is 81.0 cm³/mol. The summed E-state index contributed by atoms with van der Waals surface area (Å²) in [7, 11) is 0. The fourth-order valence-electron chi connectivity index (χ4n) is 2.13. The number of pyridine rings is 1. The quantitative estimate of drug-likeness (QED) is 0.925. The minimum absolute atomic E-state index is 0.437. The average Bonchev–Trinajstić information content (AvgIpc) is 2.45. The van der Waals surface area contributed by atoms with Crippen LogP contribution in [0.25, 0.3) is 11.1 Å². The molecule has 0 atom stereocenters. The zero-order valence-corrected chi connectivity index (χ0v) is 12.1. The molecule has 0 amide bonds. The van der Waals surface area contributed by atoms with Crippen molar-refractivity contribution in [2.24, 2.45) is 5.73 Å². The summed E-state index contributed by atoms with van der Waals surface area (Å²) in [6, 6.07) is 11.8. The Labute approximate surface area is 120 Å². The first-order valence-electron chi connectivity index (χ1n) is 6.74. The van der Waals surface area contributed by atoms with Gasteiger partial charge in [0.15, 0.2) is 0 Å². The van der Waals surface area contributed by atoms with E-state index in [2.05, 4.69) is 24.0 Å². The third-order valence-corrected chi connectivity index (χ3v) is 3.36. The summed E-state index contributed by atoms with van der Waals surface area (Å²) in [5, 5.41) is 8.85. The van der Waals surface area contributed by atoms with E-state index in [0.29, 0.717) is 5.56 Å². The number of nitrogens with zero attached hydrogens (tertiary/aromatic N) is 2. The van der Waals surface area contributed by atoms with Gasteiger partial charge >= 0.3 is 0 Å². The first kappa shape index (κ1) is 14.2. The highest BCUT2D eigenvalue weighted by atomic mass is 14.8. The maximum atomic E-state index is 8.85. The van der Waals surface area contributed by atoms with E-state index in [4.69, 9.17) is 11.0 Å². The zero-order valence-electron chi connectivity index (χ0n) is 12.1. The Balaban J connectivity index is 2.49. The van der Waals surface area contributed by atoms with Gasteiger partial charge in [-0.15, -0.1) is 0 Å². The van der Waals surface area contributed by atoms with E-state index in [1.165, 1.54) is 5.56 Å². The Morgan fingerprint density at radius 3 is 2.40 bits per heavy atom. The molecule has 0 saturated heterocycles. The Hall–Kier alpha value is -2.18. The van der Waals surface area contributed by atoms with Crippen LogP contribution in [0, 0.1) is 11.3 Å². The summed E-state index contributed by atoms with van der Waals surface area (Å²) in [6.45, 7) is 6.03.